The third kappa shape index (κ3) is 7.54. The first-order valence-electron chi connectivity index (χ1n) is 9.94. The predicted octanol–water partition coefficient (Wildman–Crippen LogP) is 2.01. The summed E-state index contributed by atoms with van der Waals surface area (Å²) < 4.78 is 13.2. The lowest BCUT2D eigenvalue weighted by Crippen LogP contribution is -2.24. The number of cyclic esters (lactones) is 1. The number of esters is 1. The summed E-state index contributed by atoms with van der Waals surface area (Å²) in [5.41, 5.74) is 1.06. The van der Waals surface area contributed by atoms with Gasteiger partial charge in [-0.2, -0.15) is 0 Å². The van der Waals surface area contributed by atoms with Crippen molar-refractivity contribution in [2.45, 2.75) is 19.5 Å². The van der Waals surface area contributed by atoms with Crippen LogP contribution in [0.1, 0.15) is 12.0 Å². The Morgan fingerprint density at radius 2 is 2.00 bits per heavy atom. The fourth-order valence-electron chi connectivity index (χ4n) is 3.72. The van der Waals surface area contributed by atoms with Gasteiger partial charge in [0.1, 0.15) is 5.75 Å². The number of carboxylic acid groups (broad SMARTS) is 2. The number of aromatic nitrogens is 2. The van der Waals surface area contributed by atoms with Gasteiger partial charge in [0.05, 0.1) is 25.5 Å². The predicted molar refractivity (Wildman–Crippen MR) is 114 cm³/mol. The van der Waals surface area contributed by atoms with Crippen molar-refractivity contribution in [3.05, 3.63) is 47.5 Å². The average Bonchev–Trinajstić information content (AvgIpc) is 3.48. The van der Waals surface area contributed by atoms with Crippen LogP contribution >= 0.6 is 11.6 Å². The van der Waals surface area contributed by atoms with Crippen LogP contribution < -0.4 is 4.74 Å². The second-order valence-electron chi connectivity index (χ2n) is 7.16. The Morgan fingerprint density at radius 3 is 2.66 bits per heavy atom. The van der Waals surface area contributed by atoms with Gasteiger partial charge in [0.25, 0.3) is 12.9 Å². The highest BCUT2D eigenvalue weighted by atomic mass is 35.5. The van der Waals surface area contributed by atoms with Crippen molar-refractivity contribution in [1.29, 1.82) is 0 Å². The van der Waals surface area contributed by atoms with Gasteiger partial charge in [0.15, 0.2) is 0 Å². The molecule has 174 valence electrons. The highest BCUT2D eigenvalue weighted by Gasteiger charge is 2.43. The Bertz CT molecular complexity index is 857. The van der Waals surface area contributed by atoms with E-state index in [0.29, 0.717) is 24.2 Å². The first-order valence-corrected chi connectivity index (χ1v) is 10.3. The molecular weight excluding hydrogens is 442 g/mol. The number of fused-ring (bicyclic) bond motifs is 1. The molecule has 4 rings (SSSR count). The largest absolute Gasteiger partial charge is 0.493 e. The van der Waals surface area contributed by atoms with Crippen LogP contribution in [-0.2, 0) is 32.2 Å². The number of halogens is 1. The Kier molecular flexibility index (Phi) is 10.5. The van der Waals surface area contributed by atoms with Crippen molar-refractivity contribution in [3.8, 4) is 5.75 Å². The van der Waals surface area contributed by atoms with E-state index >= 15 is 0 Å². The molecule has 0 bridgehead atoms. The number of carbonyl (C=O) groups excluding carboxylic acids is 1. The van der Waals surface area contributed by atoms with Gasteiger partial charge in [0.2, 0.25) is 0 Å². The second kappa shape index (κ2) is 13.3. The Morgan fingerprint density at radius 1 is 1.25 bits per heavy atom. The first-order chi connectivity index (χ1) is 15.5. The molecule has 10 nitrogen and oxygen atoms in total. The fourth-order valence-corrected chi connectivity index (χ4v) is 3.92. The van der Waals surface area contributed by atoms with Crippen LogP contribution in [0.4, 0.5) is 0 Å². The lowest BCUT2D eigenvalue weighted by Gasteiger charge is -2.19. The summed E-state index contributed by atoms with van der Waals surface area (Å²) in [6.45, 7) is 3.91. The summed E-state index contributed by atoms with van der Waals surface area (Å²) >= 11 is 6.19. The van der Waals surface area contributed by atoms with Crippen LogP contribution in [0.15, 0.2) is 36.9 Å². The monoisotopic (exact) mass is 467 g/mol. The van der Waals surface area contributed by atoms with E-state index in [1.165, 1.54) is 0 Å². The SMILES string of the molecule is O=C1OC[C@H]2CN(Cc3cc(Cl)ccc3OCCCn3ccnc3)C[C@@H]12.O=CO.O=CO. The van der Waals surface area contributed by atoms with Crippen LogP contribution in [0.25, 0.3) is 0 Å². The zero-order chi connectivity index (χ0) is 23.3. The number of nitrogens with zero attached hydrogens (tertiary/aromatic N) is 3. The van der Waals surface area contributed by atoms with Gasteiger partial charge in [-0.05, 0) is 24.6 Å². The minimum absolute atomic E-state index is 0.0220. The number of rotatable bonds is 7. The van der Waals surface area contributed by atoms with Gasteiger partial charge in [0, 0.05) is 55.1 Å². The number of carbonyl (C=O) groups is 3. The van der Waals surface area contributed by atoms with E-state index in [1.807, 2.05) is 35.3 Å². The quantitative estimate of drug-likeness (QED) is 0.356. The lowest BCUT2D eigenvalue weighted by molar-refractivity contribution is -0.141. The molecule has 2 fully saturated rings. The average molecular weight is 468 g/mol. The minimum atomic E-state index is -0.250. The maximum absolute atomic E-state index is 11.7. The molecule has 2 aromatic rings. The summed E-state index contributed by atoms with van der Waals surface area (Å²) in [5, 5.41) is 14.5. The summed E-state index contributed by atoms with van der Waals surface area (Å²) in [5.74, 6) is 1.15. The molecule has 11 heteroatoms. The number of hydrogen-bond donors (Lipinski definition) is 2. The van der Waals surface area contributed by atoms with E-state index in [2.05, 4.69) is 9.88 Å². The molecule has 0 aliphatic carbocycles. The zero-order valence-electron chi connectivity index (χ0n) is 17.4. The number of hydrogen-bond acceptors (Lipinski definition) is 7. The molecule has 1 aromatic carbocycles. The van der Waals surface area contributed by atoms with Gasteiger partial charge >= 0.3 is 5.97 Å². The molecular formula is C21H26ClN3O7. The van der Waals surface area contributed by atoms with E-state index in [4.69, 9.17) is 40.9 Å². The summed E-state index contributed by atoms with van der Waals surface area (Å²) in [4.78, 5) is 34.8. The molecule has 3 heterocycles. The van der Waals surface area contributed by atoms with Crippen LogP contribution in [0, 0.1) is 11.8 Å². The molecule has 1 aromatic heterocycles. The summed E-state index contributed by atoms with van der Waals surface area (Å²) in [6.07, 6.45) is 6.43. The Balaban J connectivity index is 0.000000547. The molecule has 2 aliphatic rings. The van der Waals surface area contributed by atoms with E-state index < -0.39 is 0 Å². The van der Waals surface area contributed by atoms with Crippen molar-refractivity contribution < 1.29 is 34.1 Å². The molecule has 2 aliphatic heterocycles. The number of likely N-dealkylation sites (tertiary alicyclic amines) is 1. The zero-order valence-corrected chi connectivity index (χ0v) is 18.1. The Hall–Kier alpha value is -3.11. The topological polar surface area (TPSA) is 131 Å². The highest BCUT2D eigenvalue weighted by molar-refractivity contribution is 6.30. The molecule has 0 saturated carbocycles. The molecule has 2 saturated heterocycles. The minimum Gasteiger partial charge on any atom is -0.493 e. The Labute approximate surface area is 190 Å². The standard InChI is InChI=1S/C19H22ClN3O3.2CH2O2/c20-16-2-3-18(25-7-1-5-22-6-4-21-13-22)14(8-16)9-23-10-15-12-26-19(24)17(15)11-23;2*2-1-3/h2-4,6,8,13,15,17H,1,5,7,9-12H2;2*1H,(H,2,3)/t15-,17-;;/m1../s1. The van der Waals surface area contributed by atoms with Gasteiger partial charge < -0.3 is 24.3 Å². The number of imidazole rings is 1. The van der Waals surface area contributed by atoms with E-state index in [1.54, 1.807) is 6.20 Å². The van der Waals surface area contributed by atoms with E-state index in [-0.39, 0.29) is 24.8 Å². The third-order valence-electron chi connectivity index (χ3n) is 5.05. The number of aryl methyl sites for hydroxylation is 1. The molecule has 2 atom stereocenters. The maximum Gasteiger partial charge on any atom is 0.310 e. The van der Waals surface area contributed by atoms with Crippen LogP contribution in [0.5, 0.6) is 5.75 Å². The second-order valence-corrected chi connectivity index (χ2v) is 7.59. The smallest absolute Gasteiger partial charge is 0.310 e. The van der Waals surface area contributed by atoms with E-state index in [0.717, 1.165) is 43.9 Å². The van der Waals surface area contributed by atoms with E-state index in [9.17, 15) is 4.79 Å². The van der Waals surface area contributed by atoms with Crippen LogP contribution in [-0.4, -0.2) is 69.9 Å². The fraction of sp³-hybridized carbons (Fsp3) is 0.429. The molecule has 0 unspecified atom stereocenters. The number of benzene rings is 1. The van der Waals surface area contributed by atoms with Crippen molar-refractivity contribution >= 4 is 30.5 Å². The van der Waals surface area contributed by atoms with Gasteiger partial charge in [-0.15, -0.1) is 0 Å². The van der Waals surface area contributed by atoms with Gasteiger partial charge in [-0.25, -0.2) is 4.98 Å². The summed E-state index contributed by atoms with van der Waals surface area (Å²) in [7, 11) is 0. The van der Waals surface area contributed by atoms with Crippen molar-refractivity contribution in [3.63, 3.8) is 0 Å². The normalized spacial score (nSPS) is 19.0. The van der Waals surface area contributed by atoms with Gasteiger partial charge in [-0.1, -0.05) is 11.6 Å². The lowest BCUT2D eigenvalue weighted by atomic mass is 10.0. The third-order valence-corrected chi connectivity index (χ3v) is 5.29. The van der Waals surface area contributed by atoms with Crippen molar-refractivity contribution in [2.75, 3.05) is 26.3 Å². The number of ether oxygens (including phenoxy) is 2. The van der Waals surface area contributed by atoms with Crippen molar-refractivity contribution in [1.82, 2.24) is 14.5 Å². The molecule has 0 spiro atoms. The molecule has 2 N–H and O–H groups in total. The maximum atomic E-state index is 11.7. The highest BCUT2D eigenvalue weighted by Crippen LogP contribution is 2.33. The molecule has 32 heavy (non-hydrogen) atoms. The van der Waals surface area contributed by atoms with Crippen molar-refractivity contribution in [2.24, 2.45) is 11.8 Å². The molecule has 0 radical (unpaired) electrons. The summed E-state index contributed by atoms with van der Waals surface area (Å²) in [6, 6.07) is 5.74. The molecule has 0 amide bonds. The van der Waals surface area contributed by atoms with Crippen LogP contribution in [0.3, 0.4) is 0 Å². The first kappa shape index (κ1) is 25.2. The van der Waals surface area contributed by atoms with Crippen LogP contribution in [0.2, 0.25) is 5.02 Å². The van der Waals surface area contributed by atoms with Gasteiger partial charge in [-0.3, -0.25) is 19.3 Å².